The maximum Gasteiger partial charge on any atom is 0.316 e. The molecule has 3 aromatic heterocycles. The molecule has 0 spiro atoms. The first-order valence-corrected chi connectivity index (χ1v) is 7.96. The molecule has 0 bridgehead atoms. The number of nitrogens with zero attached hydrogens (tertiary/aromatic N) is 3. The molecule has 0 aliphatic rings. The van der Waals surface area contributed by atoms with Crippen LogP contribution >= 0.6 is 11.3 Å². The maximum absolute atomic E-state index is 11.9. The number of aromatic nitrogens is 3. The lowest BCUT2D eigenvalue weighted by Gasteiger charge is -2.05. The summed E-state index contributed by atoms with van der Waals surface area (Å²) in [4.78, 5) is 32.4. The van der Waals surface area contributed by atoms with Crippen molar-refractivity contribution in [2.24, 2.45) is 0 Å². The van der Waals surface area contributed by atoms with E-state index in [9.17, 15) is 9.59 Å². The van der Waals surface area contributed by atoms with Crippen LogP contribution in [0.25, 0.3) is 10.7 Å². The van der Waals surface area contributed by atoms with Crippen LogP contribution in [0.4, 0.5) is 0 Å². The Labute approximate surface area is 140 Å². The zero-order valence-electron chi connectivity index (χ0n) is 12.4. The van der Waals surface area contributed by atoms with Gasteiger partial charge in [-0.25, -0.2) is 0 Å². The quantitative estimate of drug-likeness (QED) is 0.654. The molecule has 2 N–H and O–H groups in total. The van der Waals surface area contributed by atoms with Crippen molar-refractivity contribution in [3.8, 4) is 10.7 Å². The first-order chi connectivity index (χ1) is 11.7. The van der Waals surface area contributed by atoms with Gasteiger partial charge in [0.05, 0.1) is 10.4 Å². The van der Waals surface area contributed by atoms with Crippen molar-refractivity contribution in [3.63, 3.8) is 0 Å². The summed E-state index contributed by atoms with van der Waals surface area (Å²) in [5.41, 5.74) is 0.460. The van der Waals surface area contributed by atoms with Gasteiger partial charge < -0.3 is 15.2 Å². The number of amides is 2. The normalized spacial score (nSPS) is 10.3. The summed E-state index contributed by atoms with van der Waals surface area (Å²) >= 11 is 1.45. The zero-order valence-corrected chi connectivity index (χ0v) is 13.2. The van der Waals surface area contributed by atoms with Gasteiger partial charge in [0.25, 0.3) is 5.91 Å². The summed E-state index contributed by atoms with van der Waals surface area (Å²) in [6.07, 6.45) is 3.06. The molecule has 3 rings (SSSR count). The van der Waals surface area contributed by atoms with Crippen LogP contribution < -0.4 is 10.6 Å². The number of thiophene rings is 1. The minimum atomic E-state index is -0.485. The minimum Gasteiger partial charge on any atom is -0.350 e. The van der Waals surface area contributed by atoms with Crippen LogP contribution in [-0.2, 0) is 0 Å². The number of hydrogen-bond acceptors (Lipinski definition) is 7. The molecule has 0 saturated heterocycles. The molecule has 0 radical (unpaired) electrons. The van der Waals surface area contributed by atoms with Gasteiger partial charge in [0.2, 0.25) is 5.82 Å². The summed E-state index contributed by atoms with van der Waals surface area (Å²) in [7, 11) is 0. The lowest BCUT2D eigenvalue weighted by Crippen LogP contribution is -2.34. The monoisotopic (exact) mass is 343 g/mol. The average molecular weight is 343 g/mol. The van der Waals surface area contributed by atoms with Gasteiger partial charge in [0.15, 0.2) is 0 Å². The fourth-order valence-electron chi connectivity index (χ4n) is 1.85. The Kier molecular flexibility index (Phi) is 4.92. The number of hydrogen-bond donors (Lipinski definition) is 2. The first-order valence-electron chi connectivity index (χ1n) is 7.08. The van der Waals surface area contributed by atoms with Crippen LogP contribution in [0.1, 0.15) is 21.0 Å². The van der Waals surface area contributed by atoms with E-state index < -0.39 is 5.91 Å². The molecule has 9 heteroatoms. The topological polar surface area (TPSA) is 110 Å². The van der Waals surface area contributed by atoms with Crippen molar-refractivity contribution in [2.45, 2.75) is 0 Å². The number of carbonyl (C=O) groups is 2. The highest BCUT2D eigenvalue weighted by molar-refractivity contribution is 7.13. The molecule has 3 heterocycles. The van der Waals surface area contributed by atoms with E-state index in [0.29, 0.717) is 11.4 Å². The van der Waals surface area contributed by atoms with Gasteiger partial charge in [-0.05, 0) is 23.6 Å². The van der Waals surface area contributed by atoms with Gasteiger partial charge in [-0.1, -0.05) is 11.2 Å². The molecule has 0 aromatic carbocycles. The highest BCUT2D eigenvalue weighted by atomic mass is 32.1. The molecule has 0 aliphatic carbocycles. The largest absolute Gasteiger partial charge is 0.350 e. The smallest absolute Gasteiger partial charge is 0.316 e. The third-order valence-electron chi connectivity index (χ3n) is 2.98. The van der Waals surface area contributed by atoms with Crippen LogP contribution in [0, 0.1) is 0 Å². The second-order valence-corrected chi connectivity index (χ2v) is 5.60. The Balaban J connectivity index is 1.45. The lowest BCUT2D eigenvalue weighted by atomic mass is 10.3. The molecule has 2 amide bonds. The maximum atomic E-state index is 11.9. The molecule has 0 saturated carbocycles. The van der Waals surface area contributed by atoms with E-state index in [0.717, 1.165) is 4.88 Å². The molecule has 0 fully saturated rings. The SMILES string of the molecule is O=C(NCCNC(=O)c1nc(-c2cccs2)no1)c1cccnc1. The van der Waals surface area contributed by atoms with Crippen LogP contribution in [0.15, 0.2) is 46.6 Å². The van der Waals surface area contributed by atoms with Gasteiger partial charge in [-0.2, -0.15) is 4.98 Å². The van der Waals surface area contributed by atoms with Gasteiger partial charge in [0.1, 0.15) is 0 Å². The summed E-state index contributed by atoms with van der Waals surface area (Å²) in [5.74, 6) is -0.479. The third-order valence-corrected chi connectivity index (χ3v) is 3.85. The van der Waals surface area contributed by atoms with E-state index in [2.05, 4.69) is 25.8 Å². The molecule has 3 aromatic rings. The predicted octanol–water partition coefficient (Wildman–Crippen LogP) is 1.35. The van der Waals surface area contributed by atoms with E-state index in [1.165, 1.54) is 17.5 Å². The van der Waals surface area contributed by atoms with E-state index in [1.54, 1.807) is 18.3 Å². The fraction of sp³-hybridized carbons (Fsp3) is 0.133. The van der Waals surface area contributed by atoms with E-state index >= 15 is 0 Å². The molecule has 0 atom stereocenters. The van der Waals surface area contributed by atoms with Gasteiger partial charge in [-0.3, -0.25) is 14.6 Å². The third kappa shape index (κ3) is 3.82. The Morgan fingerprint density at radius 1 is 1.12 bits per heavy atom. The Morgan fingerprint density at radius 2 is 1.96 bits per heavy atom. The number of nitrogens with one attached hydrogen (secondary N) is 2. The van der Waals surface area contributed by atoms with E-state index in [-0.39, 0.29) is 24.9 Å². The first kappa shape index (κ1) is 15.8. The van der Waals surface area contributed by atoms with Crippen molar-refractivity contribution < 1.29 is 14.1 Å². The average Bonchev–Trinajstić information content (AvgIpc) is 3.30. The Morgan fingerprint density at radius 3 is 2.67 bits per heavy atom. The molecular weight excluding hydrogens is 330 g/mol. The number of rotatable bonds is 6. The number of carbonyl (C=O) groups excluding carboxylic acids is 2. The summed E-state index contributed by atoms with van der Waals surface area (Å²) < 4.78 is 4.94. The standard InChI is InChI=1S/C15H13N5O3S/c21-13(10-3-1-5-16-9-10)17-6-7-18-14(22)15-19-12(20-23-15)11-4-2-8-24-11/h1-5,8-9H,6-7H2,(H,17,21)(H,18,22). The van der Waals surface area contributed by atoms with Crippen LogP contribution in [-0.4, -0.2) is 40.0 Å². The van der Waals surface area contributed by atoms with E-state index in [4.69, 9.17) is 4.52 Å². The lowest BCUT2D eigenvalue weighted by molar-refractivity contribution is 0.0898. The van der Waals surface area contributed by atoms with E-state index in [1.807, 2.05) is 17.5 Å². The van der Waals surface area contributed by atoms with Gasteiger partial charge >= 0.3 is 11.8 Å². The molecular formula is C15H13N5O3S. The van der Waals surface area contributed by atoms with Crippen molar-refractivity contribution in [2.75, 3.05) is 13.1 Å². The summed E-state index contributed by atoms with van der Waals surface area (Å²) in [6.45, 7) is 0.507. The Hall–Kier alpha value is -3.07. The van der Waals surface area contributed by atoms with Crippen molar-refractivity contribution in [3.05, 3.63) is 53.5 Å². The molecule has 0 unspecified atom stereocenters. The highest BCUT2D eigenvalue weighted by Crippen LogP contribution is 2.21. The predicted molar refractivity (Wildman–Crippen MR) is 86.5 cm³/mol. The number of pyridine rings is 1. The fourth-order valence-corrected chi connectivity index (χ4v) is 2.50. The Bertz CT molecular complexity index is 817. The van der Waals surface area contributed by atoms with Crippen molar-refractivity contribution in [1.29, 1.82) is 0 Å². The van der Waals surface area contributed by atoms with Gasteiger partial charge in [-0.15, -0.1) is 11.3 Å². The molecule has 8 nitrogen and oxygen atoms in total. The summed E-state index contributed by atoms with van der Waals surface area (Å²) in [6, 6.07) is 7.04. The zero-order chi connectivity index (χ0) is 16.8. The highest BCUT2D eigenvalue weighted by Gasteiger charge is 2.16. The molecule has 122 valence electrons. The second kappa shape index (κ2) is 7.47. The van der Waals surface area contributed by atoms with Crippen LogP contribution in [0.2, 0.25) is 0 Å². The van der Waals surface area contributed by atoms with Crippen molar-refractivity contribution >= 4 is 23.2 Å². The second-order valence-electron chi connectivity index (χ2n) is 4.65. The van der Waals surface area contributed by atoms with Crippen LogP contribution in [0.5, 0.6) is 0 Å². The van der Waals surface area contributed by atoms with Gasteiger partial charge in [0, 0.05) is 25.5 Å². The summed E-state index contributed by atoms with van der Waals surface area (Å²) in [5, 5.41) is 10.9. The molecule has 24 heavy (non-hydrogen) atoms. The molecule has 0 aliphatic heterocycles. The minimum absolute atomic E-state index is 0.114. The van der Waals surface area contributed by atoms with Crippen molar-refractivity contribution in [1.82, 2.24) is 25.8 Å². The van der Waals surface area contributed by atoms with Crippen LogP contribution in [0.3, 0.4) is 0 Å².